The van der Waals surface area contributed by atoms with Crippen LogP contribution in [0.3, 0.4) is 0 Å². The number of rotatable bonds is 1. The van der Waals surface area contributed by atoms with E-state index in [9.17, 15) is 0 Å². The zero-order valence-corrected chi connectivity index (χ0v) is 10.7. The topological polar surface area (TPSA) is 47.4 Å². The highest BCUT2D eigenvalue weighted by Gasteiger charge is 2.10. The Hall–Kier alpha value is -0.890. The zero-order chi connectivity index (χ0) is 10.8. The van der Waals surface area contributed by atoms with E-state index in [0.717, 1.165) is 6.42 Å². The molecule has 3 N–H and O–H groups in total. The largest absolute Gasteiger partial charge is 0.344 e. The minimum absolute atomic E-state index is 0. The lowest BCUT2D eigenvalue weighted by Crippen LogP contribution is -2.08. The first-order valence-corrected chi connectivity index (χ1v) is 5.72. The molecule has 15 heavy (non-hydrogen) atoms. The summed E-state index contributed by atoms with van der Waals surface area (Å²) >= 11 is 0. The molecule has 1 saturated carbocycles. The second-order valence-corrected chi connectivity index (χ2v) is 3.08. The maximum absolute atomic E-state index is 4.42. The van der Waals surface area contributed by atoms with Gasteiger partial charge in [-0.1, -0.05) is 26.0 Å². The van der Waals surface area contributed by atoms with Gasteiger partial charge in [0.2, 0.25) is 0 Å². The molecule has 0 amide bonds. The van der Waals surface area contributed by atoms with Crippen molar-refractivity contribution in [2.45, 2.75) is 53.4 Å². The highest BCUT2D eigenvalue weighted by Crippen LogP contribution is 2.20. The second-order valence-electron chi connectivity index (χ2n) is 3.08. The third kappa shape index (κ3) is 6.24. The zero-order valence-electron chi connectivity index (χ0n) is 10.7. The van der Waals surface area contributed by atoms with Gasteiger partial charge in [0.05, 0.1) is 0 Å². The van der Waals surface area contributed by atoms with E-state index in [1.165, 1.54) is 30.5 Å². The SMILES string of the molecule is CC.C\C=C/N=C1\CCCC\C1=C\C.N. The van der Waals surface area contributed by atoms with Crippen LogP contribution in [-0.2, 0) is 0 Å². The van der Waals surface area contributed by atoms with E-state index in [0.29, 0.717) is 0 Å². The third-order valence-electron chi connectivity index (χ3n) is 2.21. The molecular weight excluding hydrogens is 184 g/mol. The molecule has 2 heteroatoms. The van der Waals surface area contributed by atoms with E-state index in [2.05, 4.69) is 18.0 Å². The summed E-state index contributed by atoms with van der Waals surface area (Å²) in [6, 6.07) is 0. The Kier molecular flexibility index (Phi) is 12.3. The summed E-state index contributed by atoms with van der Waals surface area (Å²) in [6.45, 7) is 8.11. The lowest BCUT2D eigenvalue weighted by Gasteiger charge is -2.15. The monoisotopic (exact) mass is 210 g/mol. The van der Waals surface area contributed by atoms with Gasteiger partial charge in [0.25, 0.3) is 0 Å². The van der Waals surface area contributed by atoms with Crippen molar-refractivity contribution >= 4 is 5.71 Å². The third-order valence-corrected chi connectivity index (χ3v) is 2.21. The van der Waals surface area contributed by atoms with Crippen LogP contribution in [0.25, 0.3) is 0 Å². The quantitative estimate of drug-likeness (QED) is 0.671. The molecule has 0 saturated heterocycles. The van der Waals surface area contributed by atoms with Gasteiger partial charge in [-0.3, -0.25) is 4.99 Å². The van der Waals surface area contributed by atoms with Gasteiger partial charge in [-0.05, 0) is 45.1 Å². The van der Waals surface area contributed by atoms with Gasteiger partial charge in [0.15, 0.2) is 0 Å². The summed E-state index contributed by atoms with van der Waals surface area (Å²) in [5, 5.41) is 0. The van der Waals surface area contributed by atoms with E-state index >= 15 is 0 Å². The van der Waals surface area contributed by atoms with E-state index in [1.54, 1.807) is 0 Å². The average Bonchev–Trinajstić information content (AvgIpc) is 2.29. The molecule has 0 aromatic heterocycles. The maximum atomic E-state index is 4.42. The van der Waals surface area contributed by atoms with Crippen molar-refractivity contribution in [3.63, 3.8) is 0 Å². The van der Waals surface area contributed by atoms with E-state index < -0.39 is 0 Å². The Bertz CT molecular complexity index is 225. The Morgan fingerprint density at radius 1 is 1.07 bits per heavy atom. The van der Waals surface area contributed by atoms with Crippen LogP contribution in [0.4, 0.5) is 0 Å². The highest BCUT2D eigenvalue weighted by atomic mass is 14.7. The number of allylic oxidation sites excluding steroid dienone is 3. The van der Waals surface area contributed by atoms with Gasteiger partial charge in [-0.25, -0.2) is 0 Å². The Morgan fingerprint density at radius 3 is 2.20 bits per heavy atom. The predicted molar refractivity (Wildman–Crippen MR) is 70.8 cm³/mol. The smallest absolute Gasteiger partial charge is 0.0432 e. The lowest BCUT2D eigenvalue weighted by molar-refractivity contribution is 0.732. The second kappa shape index (κ2) is 11.2. The average molecular weight is 210 g/mol. The fraction of sp³-hybridized carbons (Fsp3) is 0.615. The summed E-state index contributed by atoms with van der Waals surface area (Å²) in [6.07, 6.45) is 11.1. The van der Waals surface area contributed by atoms with Gasteiger partial charge >= 0.3 is 0 Å². The Labute approximate surface area is 94.8 Å². The van der Waals surface area contributed by atoms with Crippen LogP contribution in [0.5, 0.6) is 0 Å². The molecule has 88 valence electrons. The molecule has 2 nitrogen and oxygen atoms in total. The van der Waals surface area contributed by atoms with Crippen molar-refractivity contribution in [1.82, 2.24) is 6.15 Å². The Morgan fingerprint density at radius 2 is 1.67 bits per heavy atom. The van der Waals surface area contributed by atoms with Gasteiger partial charge in [0.1, 0.15) is 0 Å². The predicted octanol–water partition coefficient (Wildman–Crippen LogP) is 4.67. The van der Waals surface area contributed by atoms with Gasteiger partial charge in [-0.2, -0.15) is 0 Å². The van der Waals surface area contributed by atoms with Crippen molar-refractivity contribution < 1.29 is 0 Å². The molecule has 1 rings (SSSR count). The molecule has 0 bridgehead atoms. The minimum atomic E-state index is 0. The number of aliphatic imine (C=N–C) groups is 1. The van der Waals surface area contributed by atoms with Crippen molar-refractivity contribution in [3.8, 4) is 0 Å². The molecule has 1 aliphatic rings. The Balaban J connectivity index is 0. The summed E-state index contributed by atoms with van der Waals surface area (Å²) in [5.41, 5.74) is 2.74. The first-order valence-electron chi connectivity index (χ1n) is 5.72. The van der Waals surface area contributed by atoms with Crippen LogP contribution in [-0.4, -0.2) is 5.71 Å². The van der Waals surface area contributed by atoms with Crippen molar-refractivity contribution in [3.05, 3.63) is 23.9 Å². The van der Waals surface area contributed by atoms with E-state index in [1.807, 2.05) is 33.0 Å². The number of hydrogen-bond acceptors (Lipinski definition) is 2. The van der Waals surface area contributed by atoms with E-state index in [4.69, 9.17) is 0 Å². The van der Waals surface area contributed by atoms with Crippen molar-refractivity contribution in [1.29, 1.82) is 0 Å². The molecular formula is C13H26N2. The van der Waals surface area contributed by atoms with Crippen molar-refractivity contribution in [2.24, 2.45) is 4.99 Å². The highest BCUT2D eigenvalue weighted by molar-refractivity contribution is 6.01. The van der Waals surface area contributed by atoms with Crippen LogP contribution in [0.15, 0.2) is 28.9 Å². The molecule has 0 atom stereocenters. The first kappa shape index (κ1) is 16.5. The van der Waals surface area contributed by atoms with Crippen LogP contribution < -0.4 is 6.15 Å². The minimum Gasteiger partial charge on any atom is -0.344 e. The molecule has 0 heterocycles. The van der Waals surface area contributed by atoms with Crippen LogP contribution in [0.2, 0.25) is 0 Å². The molecule has 0 unspecified atom stereocenters. The van der Waals surface area contributed by atoms with Gasteiger partial charge in [-0.15, -0.1) is 0 Å². The fourth-order valence-corrected chi connectivity index (χ4v) is 1.54. The lowest BCUT2D eigenvalue weighted by atomic mass is 9.93. The maximum Gasteiger partial charge on any atom is 0.0432 e. The molecule has 0 spiro atoms. The van der Waals surface area contributed by atoms with Gasteiger partial charge in [0, 0.05) is 11.9 Å². The van der Waals surface area contributed by atoms with Gasteiger partial charge < -0.3 is 6.15 Å². The summed E-state index contributed by atoms with van der Waals surface area (Å²) in [5.74, 6) is 0. The van der Waals surface area contributed by atoms with Crippen LogP contribution >= 0.6 is 0 Å². The van der Waals surface area contributed by atoms with Crippen LogP contribution in [0.1, 0.15) is 53.4 Å². The first-order chi connectivity index (χ1) is 6.88. The molecule has 0 aromatic carbocycles. The normalized spacial score (nSPS) is 21.1. The molecule has 1 fully saturated rings. The molecule has 1 aliphatic carbocycles. The molecule has 0 radical (unpaired) electrons. The molecule has 0 aliphatic heterocycles. The van der Waals surface area contributed by atoms with Crippen molar-refractivity contribution in [2.75, 3.05) is 0 Å². The van der Waals surface area contributed by atoms with E-state index in [-0.39, 0.29) is 6.15 Å². The van der Waals surface area contributed by atoms with Crippen LogP contribution in [0, 0.1) is 0 Å². The standard InChI is InChI=1S/C11H17N.C2H6.H3N/c1-3-9-12-11-8-6-5-7-10(11)4-2;1-2;/h3-4,9H,5-8H2,1-2H3;1-2H3;1H3/b9-3-,10-4-,12-11+;;. The number of nitrogens with zero attached hydrogens (tertiary/aromatic N) is 1. The summed E-state index contributed by atoms with van der Waals surface area (Å²) in [7, 11) is 0. The number of hydrogen-bond donors (Lipinski definition) is 1. The fourth-order valence-electron chi connectivity index (χ4n) is 1.54. The summed E-state index contributed by atoms with van der Waals surface area (Å²) < 4.78 is 0. The summed E-state index contributed by atoms with van der Waals surface area (Å²) in [4.78, 5) is 4.42. The molecule has 0 aromatic rings.